The Labute approximate surface area is 74.4 Å². The van der Waals surface area contributed by atoms with Crippen molar-refractivity contribution in [3.8, 4) is 0 Å². The first-order valence-corrected chi connectivity index (χ1v) is 5.46. The summed E-state index contributed by atoms with van der Waals surface area (Å²) < 4.78 is 10.4. The molecule has 0 heterocycles. The van der Waals surface area contributed by atoms with Gasteiger partial charge in [0.25, 0.3) is 0 Å². The molecule has 0 rings (SSSR count). The summed E-state index contributed by atoms with van der Waals surface area (Å²) in [6, 6.07) is 0. The molecule has 0 aliphatic heterocycles. The molecule has 0 radical (unpaired) electrons. The Hall–Kier alpha value is 0.270. The topological polar surface area (TPSA) is 58.9 Å². The van der Waals surface area contributed by atoms with Gasteiger partial charge in [-0.25, -0.2) is 0 Å². The van der Waals surface area contributed by atoms with Crippen molar-refractivity contribution in [3.63, 3.8) is 0 Å². The van der Waals surface area contributed by atoms with Gasteiger partial charge in [0, 0.05) is 6.16 Å². The highest BCUT2D eigenvalue weighted by atomic mass is 31.2. The lowest BCUT2D eigenvalue weighted by Gasteiger charge is -2.15. The molecule has 2 N–H and O–H groups in total. The van der Waals surface area contributed by atoms with E-state index < -0.39 is 8.38 Å². The van der Waals surface area contributed by atoms with Gasteiger partial charge in [0.05, 0.1) is 26.4 Å². The Bertz CT molecular complexity index is 83.5. The molecule has 0 saturated heterocycles. The van der Waals surface area contributed by atoms with Gasteiger partial charge in [0.1, 0.15) is 0 Å². The summed E-state index contributed by atoms with van der Waals surface area (Å²) in [6.07, 6.45) is 1.85. The maximum atomic E-state index is 8.49. The number of hydrogen-bond acceptors (Lipinski definition) is 4. The van der Waals surface area contributed by atoms with Crippen LogP contribution in [-0.4, -0.2) is 42.8 Å². The lowest BCUT2D eigenvalue weighted by molar-refractivity contribution is 0.164. The molecule has 0 unspecified atom stereocenters. The van der Waals surface area contributed by atoms with Gasteiger partial charge < -0.3 is 19.3 Å². The van der Waals surface area contributed by atoms with Crippen LogP contribution in [0.15, 0.2) is 0 Å². The second-order valence-electron chi connectivity index (χ2n) is 2.17. The third-order valence-corrected chi connectivity index (χ3v) is 2.81. The SMILES string of the molecule is CCCP(OCCO)OCCO. The van der Waals surface area contributed by atoms with E-state index in [0.29, 0.717) is 13.2 Å². The van der Waals surface area contributed by atoms with E-state index in [0.717, 1.165) is 12.6 Å². The second kappa shape index (κ2) is 9.36. The van der Waals surface area contributed by atoms with Crippen molar-refractivity contribution in [3.05, 3.63) is 0 Å². The molecule has 12 heavy (non-hydrogen) atoms. The second-order valence-corrected chi connectivity index (χ2v) is 3.80. The summed E-state index contributed by atoms with van der Waals surface area (Å²) in [7, 11) is -0.893. The molecule has 74 valence electrons. The normalized spacial score (nSPS) is 11.0. The molecule has 0 aromatic rings. The number of aliphatic hydroxyl groups excluding tert-OH is 2. The lowest BCUT2D eigenvalue weighted by atomic mass is 10.6. The zero-order valence-corrected chi connectivity index (χ0v) is 8.30. The van der Waals surface area contributed by atoms with Gasteiger partial charge >= 0.3 is 0 Å². The Morgan fingerprint density at radius 1 is 1.08 bits per heavy atom. The third-order valence-electron chi connectivity index (χ3n) is 1.06. The first kappa shape index (κ1) is 12.3. The lowest BCUT2D eigenvalue weighted by Crippen LogP contribution is -2.02. The van der Waals surface area contributed by atoms with E-state index in [-0.39, 0.29) is 13.2 Å². The van der Waals surface area contributed by atoms with E-state index in [2.05, 4.69) is 0 Å². The van der Waals surface area contributed by atoms with Crippen LogP contribution in [0, 0.1) is 0 Å². The van der Waals surface area contributed by atoms with Crippen LogP contribution in [-0.2, 0) is 9.05 Å². The summed E-state index contributed by atoms with van der Waals surface area (Å²) in [4.78, 5) is 0. The molecular weight excluding hydrogens is 179 g/mol. The molecule has 0 spiro atoms. The highest BCUT2D eigenvalue weighted by Gasteiger charge is 2.07. The molecule has 0 atom stereocenters. The van der Waals surface area contributed by atoms with Crippen molar-refractivity contribution in [2.45, 2.75) is 13.3 Å². The molecule has 5 heteroatoms. The smallest absolute Gasteiger partial charge is 0.170 e. The van der Waals surface area contributed by atoms with Crippen molar-refractivity contribution in [1.82, 2.24) is 0 Å². The monoisotopic (exact) mass is 196 g/mol. The van der Waals surface area contributed by atoms with Crippen molar-refractivity contribution in [2.75, 3.05) is 32.6 Å². The fourth-order valence-electron chi connectivity index (χ4n) is 0.634. The van der Waals surface area contributed by atoms with Crippen LogP contribution in [0.2, 0.25) is 0 Å². The predicted octanol–water partition coefficient (Wildman–Crippen LogP) is 0.726. The van der Waals surface area contributed by atoms with E-state index in [1.54, 1.807) is 0 Å². The van der Waals surface area contributed by atoms with E-state index in [1.165, 1.54) is 0 Å². The summed E-state index contributed by atoms with van der Waals surface area (Å²) in [5, 5.41) is 17.0. The summed E-state index contributed by atoms with van der Waals surface area (Å²) in [5.74, 6) is 0. The summed E-state index contributed by atoms with van der Waals surface area (Å²) in [6.45, 7) is 2.71. The van der Waals surface area contributed by atoms with Crippen LogP contribution >= 0.6 is 8.38 Å². The van der Waals surface area contributed by atoms with Gasteiger partial charge in [0.2, 0.25) is 0 Å². The van der Waals surface area contributed by atoms with Crippen LogP contribution in [0.1, 0.15) is 13.3 Å². The first-order valence-electron chi connectivity index (χ1n) is 4.10. The Morgan fingerprint density at radius 2 is 1.58 bits per heavy atom. The van der Waals surface area contributed by atoms with Crippen molar-refractivity contribution in [2.24, 2.45) is 0 Å². The highest BCUT2D eigenvalue weighted by molar-refractivity contribution is 7.47. The quantitative estimate of drug-likeness (QED) is 0.562. The van der Waals surface area contributed by atoms with Gasteiger partial charge in [-0.2, -0.15) is 0 Å². The van der Waals surface area contributed by atoms with E-state index in [4.69, 9.17) is 19.3 Å². The fraction of sp³-hybridized carbons (Fsp3) is 1.00. The van der Waals surface area contributed by atoms with Crippen LogP contribution in [0.5, 0.6) is 0 Å². The molecule has 4 nitrogen and oxygen atoms in total. The Kier molecular flexibility index (Phi) is 9.57. The Morgan fingerprint density at radius 3 is 1.92 bits per heavy atom. The van der Waals surface area contributed by atoms with E-state index in [9.17, 15) is 0 Å². The average molecular weight is 196 g/mol. The average Bonchev–Trinajstić information content (AvgIpc) is 2.10. The minimum absolute atomic E-state index is 0.0189. The number of hydrogen-bond donors (Lipinski definition) is 2. The molecule has 0 aromatic carbocycles. The maximum absolute atomic E-state index is 8.49. The first-order chi connectivity index (χ1) is 5.85. The maximum Gasteiger partial charge on any atom is 0.170 e. The largest absolute Gasteiger partial charge is 0.394 e. The summed E-state index contributed by atoms with van der Waals surface area (Å²) in [5.41, 5.74) is 0. The van der Waals surface area contributed by atoms with Gasteiger partial charge in [0.15, 0.2) is 8.38 Å². The third kappa shape index (κ3) is 6.95. The van der Waals surface area contributed by atoms with Gasteiger partial charge in [-0.15, -0.1) is 0 Å². The van der Waals surface area contributed by atoms with Crippen LogP contribution in [0.3, 0.4) is 0 Å². The Balaban J connectivity index is 3.40. The molecule has 0 aromatic heterocycles. The minimum atomic E-state index is -0.893. The molecule has 0 amide bonds. The van der Waals surface area contributed by atoms with Gasteiger partial charge in [-0.05, 0) is 6.42 Å². The molecule has 0 bridgehead atoms. The van der Waals surface area contributed by atoms with Crippen LogP contribution in [0.25, 0.3) is 0 Å². The van der Waals surface area contributed by atoms with Crippen LogP contribution in [0.4, 0.5) is 0 Å². The summed E-state index contributed by atoms with van der Waals surface area (Å²) >= 11 is 0. The number of aliphatic hydroxyl groups is 2. The van der Waals surface area contributed by atoms with E-state index >= 15 is 0 Å². The van der Waals surface area contributed by atoms with Crippen molar-refractivity contribution >= 4 is 8.38 Å². The molecule has 0 aliphatic carbocycles. The van der Waals surface area contributed by atoms with Crippen molar-refractivity contribution in [1.29, 1.82) is 0 Å². The number of rotatable bonds is 8. The fourth-order valence-corrected chi connectivity index (χ4v) is 1.90. The van der Waals surface area contributed by atoms with Crippen LogP contribution < -0.4 is 0 Å². The highest BCUT2D eigenvalue weighted by Crippen LogP contribution is 2.38. The standard InChI is InChI=1S/C7H17O4P/c1-2-7-12(10-5-3-8)11-6-4-9/h8-9H,2-7H2,1H3. The molecule has 0 fully saturated rings. The minimum Gasteiger partial charge on any atom is -0.394 e. The predicted molar refractivity (Wildman–Crippen MR) is 48.2 cm³/mol. The van der Waals surface area contributed by atoms with Gasteiger partial charge in [-0.3, -0.25) is 0 Å². The molecule has 0 saturated carbocycles. The molecular formula is C7H17O4P. The zero-order chi connectivity index (χ0) is 9.23. The van der Waals surface area contributed by atoms with Crippen molar-refractivity contribution < 1.29 is 19.3 Å². The zero-order valence-electron chi connectivity index (χ0n) is 7.40. The van der Waals surface area contributed by atoms with Gasteiger partial charge in [-0.1, -0.05) is 6.92 Å². The van der Waals surface area contributed by atoms with E-state index in [1.807, 2.05) is 6.92 Å². The molecule has 0 aliphatic rings.